The van der Waals surface area contributed by atoms with Gasteiger partial charge in [-0.25, -0.2) is 4.79 Å². The van der Waals surface area contributed by atoms with Crippen molar-refractivity contribution in [3.05, 3.63) is 76.8 Å². The smallest absolute Gasteiger partial charge is 0.343 e. The van der Waals surface area contributed by atoms with Gasteiger partial charge in [0.25, 0.3) is 5.91 Å². The second-order valence-electron chi connectivity index (χ2n) is 8.22. The second kappa shape index (κ2) is 10.1. The third-order valence-electron chi connectivity index (χ3n) is 6.13. The lowest BCUT2D eigenvalue weighted by Crippen LogP contribution is -2.59. The Hall–Kier alpha value is -2.24. The molecule has 0 radical (unpaired) electrons. The van der Waals surface area contributed by atoms with Gasteiger partial charge in [0.1, 0.15) is 0 Å². The number of carbonyl (C=O) groups is 2. The van der Waals surface area contributed by atoms with E-state index in [9.17, 15) is 9.59 Å². The first-order valence-electron chi connectivity index (χ1n) is 11.3. The van der Waals surface area contributed by atoms with Crippen LogP contribution in [-0.4, -0.2) is 34.3 Å². The normalized spacial score (nSPS) is 21.1. The van der Waals surface area contributed by atoms with Crippen molar-refractivity contribution in [3.8, 4) is 0 Å². The van der Waals surface area contributed by atoms with E-state index in [-0.39, 0.29) is 24.5 Å². The van der Waals surface area contributed by atoms with E-state index in [0.29, 0.717) is 17.0 Å². The van der Waals surface area contributed by atoms with Crippen LogP contribution in [0.2, 0.25) is 5.02 Å². The standard InChI is InChI=1S/C26H28ClNO3S/c1-2-31-25(30)26(18-17-23(32-26)19-9-5-3-6-10-19)28(22-11-7-4-8-12-22)24(29)20-13-15-21(27)16-14-20/h3,5-6,9-10,13-17,22H,2,4,7-8,11-12,18H2,1H3. The van der Waals surface area contributed by atoms with Crippen LogP contribution in [0.1, 0.15) is 61.4 Å². The molecule has 1 aliphatic carbocycles. The number of hydrogen-bond acceptors (Lipinski definition) is 4. The number of hydrogen-bond donors (Lipinski definition) is 0. The molecule has 1 saturated carbocycles. The zero-order chi connectivity index (χ0) is 22.6. The molecule has 1 amide bonds. The van der Waals surface area contributed by atoms with Crippen molar-refractivity contribution >= 4 is 40.1 Å². The van der Waals surface area contributed by atoms with Crippen molar-refractivity contribution in [1.82, 2.24) is 4.90 Å². The number of halogens is 1. The third-order valence-corrected chi connectivity index (χ3v) is 7.88. The third kappa shape index (κ3) is 4.60. The van der Waals surface area contributed by atoms with Gasteiger partial charge in [-0.1, -0.05) is 79.0 Å². The Morgan fingerprint density at radius 3 is 2.41 bits per heavy atom. The molecule has 1 heterocycles. The molecule has 1 atom stereocenters. The van der Waals surface area contributed by atoms with Crippen LogP contribution in [0.4, 0.5) is 0 Å². The summed E-state index contributed by atoms with van der Waals surface area (Å²) in [5.74, 6) is -0.489. The van der Waals surface area contributed by atoms with Gasteiger partial charge in [-0.15, -0.1) is 0 Å². The first-order chi connectivity index (χ1) is 15.5. The first-order valence-corrected chi connectivity index (χ1v) is 12.5. The average Bonchev–Trinajstić information content (AvgIpc) is 3.27. The highest BCUT2D eigenvalue weighted by atomic mass is 35.5. The van der Waals surface area contributed by atoms with E-state index in [1.807, 2.05) is 42.2 Å². The van der Waals surface area contributed by atoms with Gasteiger partial charge < -0.3 is 9.64 Å². The SMILES string of the molecule is CCOC(=O)C1(N(C(=O)c2ccc(Cl)cc2)C2CCCCC2)CC=C(c2ccccc2)S1. The molecule has 1 fully saturated rings. The molecule has 0 bridgehead atoms. The largest absolute Gasteiger partial charge is 0.464 e. The van der Waals surface area contributed by atoms with Gasteiger partial charge in [0.2, 0.25) is 0 Å². The molecule has 0 spiro atoms. The summed E-state index contributed by atoms with van der Waals surface area (Å²) < 4.78 is 5.58. The Balaban J connectivity index is 1.76. The lowest BCUT2D eigenvalue weighted by molar-refractivity contribution is -0.151. The predicted octanol–water partition coefficient (Wildman–Crippen LogP) is 6.55. The fraction of sp³-hybridized carbons (Fsp3) is 0.385. The van der Waals surface area contributed by atoms with Crippen LogP contribution in [0.3, 0.4) is 0 Å². The van der Waals surface area contributed by atoms with E-state index in [1.165, 1.54) is 11.8 Å². The van der Waals surface area contributed by atoms with Gasteiger partial charge in [-0.2, -0.15) is 0 Å². The maximum atomic E-state index is 13.9. The summed E-state index contributed by atoms with van der Waals surface area (Å²) in [6, 6.07) is 16.9. The van der Waals surface area contributed by atoms with Crippen molar-refractivity contribution in [2.75, 3.05) is 6.61 Å². The molecule has 4 rings (SSSR count). The lowest BCUT2D eigenvalue weighted by atomic mass is 9.91. The number of benzene rings is 2. The highest BCUT2D eigenvalue weighted by Crippen LogP contribution is 2.51. The van der Waals surface area contributed by atoms with Crippen molar-refractivity contribution in [3.63, 3.8) is 0 Å². The first kappa shape index (κ1) is 22.9. The Morgan fingerprint density at radius 1 is 1.06 bits per heavy atom. The van der Waals surface area contributed by atoms with Crippen LogP contribution in [-0.2, 0) is 9.53 Å². The van der Waals surface area contributed by atoms with Gasteiger partial charge in [-0.3, -0.25) is 4.79 Å². The van der Waals surface area contributed by atoms with Gasteiger partial charge in [0, 0.05) is 28.0 Å². The number of nitrogens with zero attached hydrogens (tertiary/aromatic N) is 1. The zero-order valence-electron chi connectivity index (χ0n) is 18.3. The number of rotatable bonds is 6. The van der Waals surface area contributed by atoms with E-state index < -0.39 is 4.87 Å². The molecule has 1 unspecified atom stereocenters. The van der Waals surface area contributed by atoms with Crippen molar-refractivity contribution in [1.29, 1.82) is 0 Å². The second-order valence-corrected chi connectivity index (χ2v) is 9.98. The van der Waals surface area contributed by atoms with Gasteiger partial charge >= 0.3 is 5.97 Å². The fourth-order valence-electron chi connectivity index (χ4n) is 4.59. The summed E-state index contributed by atoms with van der Waals surface area (Å²) >= 11 is 7.52. The summed E-state index contributed by atoms with van der Waals surface area (Å²) in [5.41, 5.74) is 1.59. The van der Waals surface area contributed by atoms with E-state index in [4.69, 9.17) is 16.3 Å². The minimum atomic E-state index is -1.11. The molecule has 1 aliphatic heterocycles. The summed E-state index contributed by atoms with van der Waals surface area (Å²) in [4.78, 5) is 29.2. The highest BCUT2D eigenvalue weighted by Gasteiger charge is 2.54. The van der Waals surface area contributed by atoms with Gasteiger partial charge in [-0.05, 0) is 49.6 Å². The number of esters is 1. The van der Waals surface area contributed by atoms with Crippen molar-refractivity contribution in [2.45, 2.75) is 56.4 Å². The number of ether oxygens (including phenoxy) is 1. The summed E-state index contributed by atoms with van der Waals surface area (Å²) in [7, 11) is 0. The number of thioether (sulfide) groups is 1. The molecular formula is C26H28ClNO3S. The molecule has 32 heavy (non-hydrogen) atoms. The topological polar surface area (TPSA) is 46.6 Å². The Kier molecular flexibility index (Phi) is 7.27. The minimum absolute atomic E-state index is 0.00708. The van der Waals surface area contributed by atoms with Crippen LogP contribution < -0.4 is 0 Å². The summed E-state index contributed by atoms with van der Waals surface area (Å²) in [5, 5.41) is 0.578. The van der Waals surface area contributed by atoms with E-state index >= 15 is 0 Å². The van der Waals surface area contributed by atoms with Crippen molar-refractivity contribution < 1.29 is 14.3 Å². The quantitative estimate of drug-likeness (QED) is 0.450. The summed E-state index contributed by atoms with van der Waals surface area (Å²) in [6.45, 7) is 2.08. The molecule has 2 aromatic carbocycles. The maximum Gasteiger partial charge on any atom is 0.343 e. The molecular weight excluding hydrogens is 442 g/mol. The zero-order valence-corrected chi connectivity index (χ0v) is 19.8. The average molecular weight is 470 g/mol. The molecule has 2 aromatic rings. The maximum absolute atomic E-state index is 13.9. The molecule has 4 nitrogen and oxygen atoms in total. The van der Waals surface area contributed by atoms with Crippen LogP contribution in [0.15, 0.2) is 60.7 Å². The Morgan fingerprint density at radius 2 is 1.75 bits per heavy atom. The number of carbonyl (C=O) groups excluding carboxylic acids is 2. The van der Waals surface area contributed by atoms with E-state index in [1.54, 1.807) is 24.3 Å². The summed E-state index contributed by atoms with van der Waals surface area (Å²) in [6.07, 6.45) is 7.55. The minimum Gasteiger partial charge on any atom is -0.464 e. The molecule has 2 aliphatic rings. The van der Waals surface area contributed by atoms with Crippen molar-refractivity contribution in [2.24, 2.45) is 0 Å². The molecule has 0 N–H and O–H groups in total. The van der Waals surface area contributed by atoms with Crippen LogP contribution in [0, 0.1) is 0 Å². The van der Waals surface area contributed by atoms with Gasteiger partial charge in [0.15, 0.2) is 4.87 Å². The fourth-order valence-corrected chi connectivity index (χ4v) is 6.14. The highest BCUT2D eigenvalue weighted by molar-refractivity contribution is 8.10. The van der Waals surface area contributed by atoms with Gasteiger partial charge in [0.05, 0.1) is 6.61 Å². The monoisotopic (exact) mass is 469 g/mol. The molecule has 0 saturated heterocycles. The lowest BCUT2D eigenvalue weighted by Gasteiger charge is -2.45. The molecule has 0 aromatic heterocycles. The molecule has 168 valence electrons. The molecule has 6 heteroatoms. The van der Waals surface area contributed by atoms with E-state index in [0.717, 1.165) is 42.6 Å². The van der Waals surface area contributed by atoms with Crippen LogP contribution >= 0.6 is 23.4 Å². The Bertz CT molecular complexity index is 986. The van der Waals surface area contributed by atoms with Crippen LogP contribution in [0.25, 0.3) is 4.91 Å². The predicted molar refractivity (Wildman–Crippen MR) is 130 cm³/mol. The number of amides is 1. The Labute approximate surface area is 199 Å². The van der Waals surface area contributed by atoms with E-state index in [2.05, 4.69) is 6.08 Å². The van der Waals surface area contributed by atoms with Crippen LogP contribution in [0.5, 0.6) is 0 Å².